The highest BCUT2D eigenvalue weighted by Crippen LogP contribution is 2.30. The molecule has 0 radical (unpaired) electrons. The van der Waals surface area contributed by atoms with Gasteiger partial charge < -0.3 is 10.2 Å². The second-order valence-electron chi connectivity index (χ2n) is 12.2. The smallest absolute Gasteiger partial charge is 0.264 e. The Balaban J connectivity index is 1.61. The monoisotopic (exact) mass is 725 g/mol. The molecule has 1 aliphatic carbocycles. The van der Waals surface area contributed by atoms with E-state index in [-0.39, 0.29) is 29.8 Å². The van der Waals surface area contributed by atoms with Crippen LogP contribution < -0.4 is 9.62 Å². The molecule has 4 aromatic rings. The lowest BCUT2D eigenvalue weighted by molar-refractivity contribution is -0.140. The topological polar surface area (TPSA) is 86.8 Å². The van der Waals surface area contributed by atoms with E-state index < -0.39 is 28.5 Å². The lowest BCUT2D eigenvalue weighted by atomic mass is 10.0. The third-order valence-electron chi connectivity index (χ3n) is 8.82. The van der Waals surface area contributed by atoms with Crippen LogP contribution >= 0.6 is 34.8 Å². The molecule has 1 saturated carbocycles. The van der Waals surface area contributed by atoms with Crippen LogP contribution in [0.3, 0.4) is 0 Å². The van der Waals surface area contributed by atoms with Gasteiger partial charge in [0.15, 0.2) is 0 Å². The standard InChI is InChI=1S/C37H38Cl3N3O4S/c1-25-15-18-30(21-26(25)2)43(48(46,47)31-19-16-28(38)17-20-31)24-36(44)42(23-32-33(39)13-8-14-34(32)40)35(22-27-9-4-3-5-10-27)37(45)41-29-11-6-7-12-29/h3-5,8-10,13-21,29,35H,6-7,11-12,22-24H2,1-2H3,(H,41,45)/t35-/m1/s1. The Labute approximate surface area is 297 Å². The van der Waals surface area contributed by atoms with Gasteiger partial charge in [0.05, 0.1) is 10.6 Å². The average Bonchev–Trinajstić information content (AvgIpc) is 3.57. The van der Waals surface area contributed by atoms with Crippen molar-refractivity contribution in [3.05, 3.63) is 128 Å². The number of carbonyl (C=O) groups excluding carboxylic acids is 2. The van der Waals surface area contributed by atoms with E-state index in [0.717, 1.165) is 46.7 Å². The van der Waals surface area contributed by atoms with Crippen LogP contribution in [-0.2, 0) is 32.6 Å². The highest BCUT2D eigenvalue weighted by Gasteiger charge is 2.36. The van der Waals surface area contributed by atoms with E-state index in [1.54, 1.807) is 30.3 Å². The molecule has 1 aliphatic rings. The summed E-state index contributed by atoms with van der Waals surface area (Å²) >= 11 is 19.3. The number of nitrogens with one attached hydrogen (secondary N) is 1. The van der Waals surface area contributed by atoms with Crippen LogP contribution in [0, 0.1) is 13.8 Å². The summed E-state index contributed by atoms with van der Waals surface area (Å²) in [4.78, 5) is 30.3. The molecule has 11 heteroatoms. The van der Waals surface area contributed by atoms with E-state index in [9.17, 15) is 18.0 Å². The van der Waals surface area contributed by atoms with Gasteiger partial charge in [0.1, 0.15) is 12.6 Å². The highest BCUT2D eigenvalue weighted by molar-refractivity contribution is 7.92. The number of halogens is 3. The van der Waals surface area contributed by atoms with Crippen molar-refractivity contribution in [1.29, 1.82) is 0 Å². The van der Waals surface area contributed by atoms with Gasteiger partial charge in [-0.2, -0.15) is 0 Å². The SMILES string of the molecule is Cc1ccc(N(CC(=O)N(Cc2c(Cl)cccc2Cl)[C@H](Cc2ccccc2)C(=O)NC2CCCC2)S(=O)(=O)c2ccc(Cl)cc2)cc1C. The number of amides is 2. The Hall–Kier alpha value is -3.56. The molecule has 4 aromatic carbocycles. The lowest BCUT2D eigenvalue weighted by Gasteiger charge is -2.34. The number of nitrogens with zero attached hydrogens (tertiary/aromatic N) is 2. The first-order valence-corrected chi connectivity index (χ1v) is 18.4. The van der Waals surface area contributed by atoms with Crippen molar-refractivity contribution >= 4 is 62.3 Å². The molecule has 1 fully saturated rings. The molecule has 0 aliphatic heterocycles. The minimum Gasteiger partial charge on any atom is -0.352 e. The second-order valence-corrected chi connectivity index (χ2v) is 15.3. The number of sulfonamides is 1. The molecule has 0 unspecified atom stereocenters. The zero-order valence-corrected chi connectivity index (χ0v) is 29.9. The van der Waals surface area contributed by atoms with Gasteiger partial charge in [-0.3, -0.25) is 13.9 Å². The van der Waals surface area contributed by atoms with Gasteiger partial charge in [-0.15, -0.1) is 0 Å². The molecule has 0 bridgehead atoms. The van der Waals surface area contributed by atoms with E-state index in [1.165, 1.54) is 29.2 Å². The Morgan fingerprint density at radius 3 is 2.10 bits per heavy atom. The Morgan fingerprint density at radius 1 is 0.833 bits per heavy atom. The molecule has 0 aromatic heterocycles. The highest BCUT2D eigenvalue weighted by atomic mass is 35.5. The third kappa shape index (κ3) is 8.53. The van der Waals surface area contributed by atoms with E-state index >= 15 is 0 Å². The van der Waals surface area contributed by atoms with Crippen molar-refractivity contribution in [2.45, 2.75) is 69.5 Å². The van der Waals surface area contributed by atoms with Gasteiger partial charge in [-0.05, 0) is 91.9 Å². The van der Waals surface area contributed by atoms with Crippen LogP contribution in [-0.4, -0.2) is 43.8 Å². The fraction of sp³-hybridized carbons (Fsp3) is 0.297. The summed E-state index contributed by atoms with van der Waals surface area (Å²) in [5.41, 5.74) is 3.43. The van der Waals surface area contributed by atoms with Crippen molar-refractivity contribution in [2.75, 3.05) is 10.8 Å². The number of hydrogen-bond acceptors (Lipinski definition) is 4. The van der Waals surface area contributed by atoms with Crippen LogP contribution in [0.25, 0.3) is 0 Å². The summed E-state index contributed by atoms with van der Waals surface area (Å²) in [5, 5.41) is 4.20. The maximum Gasteiger partial charge on any atom is 0.264 e. The van der Waals surface area contributed by atoms with Gasteiger partial charge in [-0.1, -0.05) is 90.1 Å². The molecule has 1 N–H and O–H groups in total. The van der Waals surface area contributed by atoms with Crippen LogP contribution in [0.2, 0.25) is 15.1 Å². The lowest BCUT2D eigenvalue weighted by Crippen LogP contribution is -2.54. The molecule has 0 heterocycles. The van der Waals surface area contributed by atoms with Crippen LogP contribution in [0.1, 0.15) is 47.9 Å². The average molecular weight is 727 g/mol. The van der Waals surface area contributed by atoms with Crippen molar-refractivity contribution in [2.24, 2.45) is 0 Å². The first-order chi connectivity index (χ1) is 22.9. The molecule has 2 amide bonds. The molecule has 5 rings (SSSR count). The number of aryl methyl sites for hydroxylation is 2. The molecule has 48 heavy (non-hydrogen) atoms. The summed E-state index contributed by atoms with van der Waals surface area (Å²) in [6.45, 7) is 3.10. The minimum atomic E-state index is -4.27. The number of carbonyl (C=O) groups is 2. The van der Waals surface area contributed by atoms with Crippen LogP contribution in [0.15, 0.2) is 95.9 Å². The second kappa shape index (κ2) is 15.8. The Bertz CT molecular complexity index is 1840. The zero-order chi connectivity index (χ0) is 34.4. The molecular weight excluding hydrogens is 689 g/mol. The molecule has 252 valence electrons. The van der Waals surface area contributed by atoms with E-state index in [1.807, 2.05) is 50.2 Å². The van der Waals surface area contributed by atoms with Crippen molar-refractivity contribution < 1.29 is 18.0 Å². The predicted octanol–water partition coefficient (Wildman–Crippen LogP) is 8.16. The Kier molecular flexibility index (Phi) is 11.7. The number of hydrogen-bond donors (Lipinski definition) is 1. The van der Waals surface area contributed by atoms with Crippen molar-refractivity contribution in [3.63, 3.8) is 0 Å². The molecule has 1 atom stereocenters. The van der Waals surface area contributed by atoms with Crippen LogP contribution in [0.5, 0.6) is 0 Å². The van der Waals surface area contributed by atoms with E-state index in [4.69, 9.17) is 34.8 Å². The number of benzene rings is 4. The fourth-order valence-electron chi connectivity index (χ4n) is 5.92. The predicted molar refractivity (Wildman–Crippen MR) is 193 cm³/mol. The summed E-state index contributed by atoms with van der Waals surface area (Å²) in [5.74, 6) is -0.912. The third-order valence-corrected chi connectivity index (χ3v) is 11.6. The number of rotatable bonds is 12. The van der Waals surface area contributed by atoms with Gasteiger partial charge in [-0.25, -0.2) is 8.42 Å². The van der Waals surface area contributed by atoms with E-state index in [0.29, 0.717) is 26.3 Å². The zero-order valence-electron chi connectivity index (χ0n) is 26.8. The molecule has 0 saturated heterocycles. The summed E-state index contributed by atoms with van der Waals surface area (Å²) in [7, 11) is -4.27. The van der Waals surface area contributed by atoms with Gasteiger partial charge >= 0.3 is 0 Å². The van der Waals surface area contributed by atoms with E-state index in [2.05, 4.69) is 5.32 Å². The molecule has 7 nitrogen and oxygen atoms in total. The fourth-order valence-corrected chi connectivity index (χ4v) is 7.97. The first-order valence-electron chi connectivity index (χ1n) is 15.9. The van der Waals surface area contributed by atoms with Gasteiger partial charge in [0, 0.05) is 39.6 Å². The maximum atomic E-state index is 14.7. The quantitative estimate of drug-likeness (QED) is 0.160. The van der Waals surface area contributed by atoms with Gasteiger partial charge in [0.25, 0.3) is 10.0 Å². The summed E-state index contributed by atoms with van der Waals surface area (Å²) < 4.78 is 29.6. The minimum absolute atomic E-state index is 0.00561. The Morgan fingerprint density at radius 2 is 1.48 bits per heavy atom. The molecule has 0 spiro atoms. The molecular formula is C37H38Cl3N3O4S. The van der Waals surface area contributed by atoms with Crippen molar-refractivity contribution in [1.82, 2.24) is 10.2 Å². The number of anilines is 1. The summed E-state index contributed by atoms with van der Waals surface area (Å²) in [6.07, 6.45) is 3.93. The largest absolute Gasteiger partial charge is 0.352 e. The summed E-state index contributed by atoms with van der Waals surface area (Å²) in [6, 6.07) is 24.5. The van der Waals surface area contributed by atoms with Crippen molar-refractivity contribution in [3.8, 4) is 0 Å². The first kappa shape index (κ1) is 35.7. The normalized spacial score (nSPS) is 14.0. The van der Waals surface area contributed by atoms with Crippen LogP contribution in [0.4, 0.5) is 5.69 Å². The maximum absolute atomic E-state index is 14.7. The van der Waals surface area contributed by atoms with Gasteiger partial charge in [0.2, 0.25) is 11.8 Å².